The zero-order valence-electron chi connectivity index (χ0n) is 21.4. The molecule has 1 unspecified atom stereocenters. The maximum atomic E-state index is 13.2. The molecule has 202 valence electrons. The van der Waals surface area contributed by atoms with E-state index in [4.69, 9.17) is 17.0 Å². The molecule has 0 fully saturated rings. The van der Waals surface area contributed by atoms with Gasteiger partial charge in [0.05, 0.1) is 18.0 Å². The largest absolute Gasteiger partial charge is 0.467 e. The number of carbonyl (C=O) groups excluding carboxylic acids is 2. The Morgan fingerprint density at radius 2 is 1.95 bits per heavy atom. The van der Waals surface area contributed by atoms with Crippen molar-refractivity contribution < 1.29 is 18.7 Å². The van der Waals surface area contributed by atoms with Crippen molar-refractivity contribution in [2.24, 2.45) is 0 Å². The zero-order valence-corrected chi connectivity index (χ0v) is 22.3. The Hall–Kier alpha value is -3.86. The number of methoxy groups -OCH3 is 1. The van der Waals surface area contributed by atoms with Crippen LogP contribution in [0.4, 0.5) is 10.1 Å². The first-order valence-corrected chi connectivity index (χ1v) is 12.8. The molecule has 3 aromatic rings. The van der Waals surface area contributed by atoms with Crippen LogP contribution in [-0.4, -0.2) is 46.7 Å². The molecule has 3 rings (SSSR count). The smallest absolute Gasteiger partial charge is 0.328 e. The first kappa shape index (κ1) is 28.7. The number of H-pyrrole nitrogens is 1. The fourth-order valence-corrected chi connectivity index (χ4v) is 4.15. The maximum Gasteiger partial charge on any atom is 0.328 e. The number of unbranched alkanes of at least 4 members (excludes halogenated alkanes) is 1. The van der Waals surface area contributed by atoms with Crippen molar-refractivity contribution in [3.8, 4) is 0 Å². The summed E-state index contributed by atoms with van der Waals surface area (Å²) in [6.07, 6.45) is 2.82. The van der Waals surface area contributed by atoms with Gasteiger partial charge in [-0.05, 0) is 80.7 Å². The summed E-state index contributed by atoms with van der Waals surface area (Å²) in [5.41, 5.74) is 1.86. The van der Waals surface area contributed by atoms with Gasteiger partial charge in [0.2, 0.25) is 5.91 Å². The maximum absolute atomic E-state index is 13.2. The molecule has 0 aliphatic carbocycles. The number of thiocarbonyl (C=S) groups is 1. The van der Waals surface area contributed by atoms with Crippen LogP contribution >= 0.6 is 12.2 Å². The second-order valence-corrected chi connectivity index (χ2v) is 9.27. The van der Waals surface area contributed by atoms with E-state index >= 15 is 0 Å². The summed E-state index contributed by atoms with van der Waals surface area (Å²) in [4.78, 5) is 44.0. The number of fused-ring (bicyclic) bond motifs is 1. The van der Waals surface area contributed by atoms with E-state index in [1.165, 1.54) is 19.2 Å². The minimum Gasteiger partial charge on any atom is -0.467 e. The molecule has 0 saturated carbocycles. The van der Waals surface area contributed by atoms with Gasteiger partial charge < -0.3 is 25.7 Å². The summed E-state index contributed by atoms with van der Waals surface area (Å²) in [5, 5.41) is 9.79. The van der Waals surface area contributed by atoms with Gasteiger partial charge in [-0.25, -0.2) is 14.2 Å². The highest BCUT2D eigenvalue weighted by atomic mass is 32.1. The molecule has 0 aliphatic rings. The summed E-state index contributed by atoms with van der Waals surface area (Å²) in [7, 11) is 1.28. The van der Waals surface area contributed by atoms with Gasteiger partial charge in [0.1, 0.15) is 17.7 Å². The summed E-state index contributed by atoms with van der Waals surface area (Å²) < 4.78 is 18.1. The highest BCUT2D eigenvalue weighted by Crippen LogP contribution is 2.15. The third kappa shape index (κ3) is 8.62. The lowest BCUT2D eigenvalue weighted by Gasteiger charge is -2.17. The van der Waals surface area contributed by atoms with Gasteiger partial charge in [0.15, 0.2) is 5.11 Å². The van der Waals surface area contributed by atoms with Gasteiger partial charge >= 0.3 is 5.97 Å². The average molecular weight is 542 g/mol. The number of aromatic nitrogens is 2. The Balaban J connectivity index is 1.38. The molecule has 2 aromatic carbocycles. The number of esters is 1. The number of amides is 1. The van der Waals surface area contributed by atoms with E-state index in [0.717, 1.165) is 11.3 Å². The van der Waals surface area contributed by atoms with Gasteiger partial charge in [-0.1, -0.05) is 12.1 Å². The molecule has 1 atom stereocenters. The summed E-state index contributed by atoms with van der Waals surface area (Å²) in [5.74, 6) is -0.574. The van der Waals surface area contributed by atoms with Crippen molar-refractivity contribution in [3.05, 3.63) is 70.0 Å². The van der Waals surface area contributed by atoms with E-state index < -0.39 is 12.0 Å². The van der Waals surface area contributed by atoms with Crippen LogP contribution in [0.5, 0.6) is 0 Å². The van der Waals surface area contributed by atoms with Gasteiger partial charge in [0.25, 0.3) is 5.56 Å². The molecule has 4 N–H and O–H groups in total. The Morgan fingerprint density at radius 1 is 1.16 bits per heavy atom. The quantitative estimate of drug-likeness (QED) is 0.156. The number of benzene rings is 2. The molecule has 9 nitrogen and oxygen atoms in total. The molecule has 1 amide bonds. The number of rotatable bonds is 12. The SMILES string of the molecule is COC(=O)C(CCCCNC(=S)Nc1ccc(F)cc1C)NC(=O)CCCc1nc2ccccc2c(=O)[nH]1. The Morgan fingerprint density at radius 3 is 2.71 bits per heavy atom. The van der Waals surface area contributed by atoms with Crippen molar-refractivity contribution >= 4 is 45.8 Å². The van der Waals surface area contributed by atoms with Crippen molar-refractivity contribution in [2.75, 3.05) is 19.0 Å². The number of anilines is 1. The van der Waals surface area contributed by atoms with Crippen LogP contribution in [0, 0.1) is 12.7 Å². The normalized spacial score (nSPS) is 11.6. The number of aromatic amines is 1. The highest BCUT2D eigenvalue weighted by Gasteiger charge is 2.21. The molecule has 38 heavy (non-hydrogen) atoms. The van der Waals surface area contributed by atoms with Crippen molar-refractivity contribution in [1.29, 1.82) is 0 Å². The first-order chi connectivity index (χ1) is 18.3. The minimum absolute atomic E-state index is 0.175. The third-order valence-electron chi connectivity index (χ3n) is 5.94. The van der Waals surface area contributed by atoms with E-state index in [2.05, 4.69) is 25.9 Å². The van der Waals surface area contributed by atoms with Gasteiger partial charge in [-0.2, -0.15) is 0 Å². The first-order valence-electron chi connectivity index (χ1n) is 12.4. The van der Waals surface area contributed by atoms with Crippen LogP contribution in [0.3, 0.4) is 0 Å². The number of hydrogen-bond donors (Lipinski definition) is 4. The van der Waals surface area contributed by atoms with E-state index in [0.29, 0.717) is 60.5 Å². The molecule has 0 spiro atoms. The molecule has 11 heteroatoms. The molecular weight excluding hydrogens is 509 g/mol. The molecule has 0 aliphatic heterocycles. The van der Waals surface area contributed by atoms with Gasteiger partial charge in [-0.15, -0.1) is 0 Å². The summed E-state index contributed by atoms with van der Waals surface area (Å²) in [6, 6.07) is 10.7. The molecule has 0 radical (unpaired) electrons. The summed E-state index contributed by atoms with van der Waals surface area (Å²) in [6.45, 7) is 2.35. The number of nitrogens with one attached hydrogen (secondary N) is 4. The van der Waals surface area contributed by atoms with Gasteiger partial charge in [-0.3, -0.25) is 9.59 Å². The van der Waals surface area contributed by atoms with Crippen molar-refractivity contribution in [3.63, 3.8) is 0 Å². The number of aryl methyl sites for hydroxylation is 2. The van der Waals surface area contributed by atoms with Crippen LogP contribution < -0.4 is 21.5 Å². The lowest BCUT2D eigenvalue weighted by Crippen LogP contribution is -2.41. The number of ether oxygens (including phenoxy) is 1. The molecular formula is C27H32FN5O4S. The lowest BCUT2D eigenvalue weighted by molar-refractivity contribution is -0.145. The Bertz CT molecular complexity index is 1350. The van der Waals surface area contributed by atoms with E-state index in [1.54, 1.807) is 31.2 Å². The van der Waals surface area contributed by atoms with Crippen molar-refractivity contribution in [2.45, 2.75) is 51.5 Å². The lowest BCUT2D eigenvalue weighted by atomic mass is 10.1. The van der Waals surface area contributed by atoms with Crippen LogP contribution in [0.2, 0.25) is 0 Å². The number of para-hydroxylation sites is 1. The predicted octanol–water partition coefficient (Wildman–Crippen LogP) is 3.51. The van der Waals surface area contributed by atoms with E-state index in [1.807, 2.05) is 6.07 Å². The molecule has 0 saturated heterocycles. The van der Waals surface area contributed by atoms with E-state index in [-0.39, 0.29) is 23.7 Å². The second kappa shape index (κ2) is 14.2. The number of carbonyl (C=O) groups is 2. The highest BCUT2D eigenvalue weighted by molar-refractivity contribution is 7.80. The third-order valence-corrected chi connectivity index (χ3v) is 6.19. The van der Waals surface area contributed by atoms with E-state index in [9.17, 15) is 18.8 Å². The predicted molar refractivity (Wildman–Crippen MR) is 148 cm³/mol. The molecule has 1 heterocycles. The Labute approximate surface area is 225 Å². The van der Waals surface area contributed by atoms with Crippen LogP contribution in [0.15, 0.2) is 47.3 Å². The standard InChI is InChI=1S/C27H32FN5O4S/c1-17-16-18(28)13-14-20(17)32-27(38)29-15-6-5-10-22(26(36)37-2)31-24(34)12-7-11-23-30-21-9-4-3-8-19(21)25(35)33-23/h3-4,8-9,13-14,16,22H,5-7,10-12,15H2,1-2H3,(H,31,34)(H2,29,32,38)(H,30,33,35). The Kier molecular flexibility index (Phi) is 10.7. The minimum atomic E-state index is -0.752. The monoisotopic (exact) mass is 541 g/mol. The van der Waals surface area contributed by atoms with Gasteiger partial charge in [0, 0.05) is 25.1 Å². The summed E-state index contributed by atoms with van der Waals surface area (Å²) >= 11 is 5.28. The van der Waals surface area contributed by atoms with Crippen LogP contribution in [0.25, 0.3) is 10.9 Å². The number of halogens is 1. The fraction of sp³-hybridized carbons (Fsp3) is 0.370. The number of nitrogens with zero attached hydrogens (tertiary/aromatic N) is 1. The topological polar surface area (TPSA) is 125 Å². The second-order valence-electron chi connectivity index (χ2n) is 8.86. The molecule has 0 bridgehead atoms. The van der Waals surface area contributed by atoms with Crippen LogP contribution in [-0.2, 0) is 20.7 Å². The molecule has 1 aromatic heterocycles. The fourth-order valence-electron chi connectivity index (χ4n) is 3.94. The number of hydrogen-bond acceptors (Lipinski definition) is 6. The van der Waals surface area contributed by atoms with Crippen molar-refractivity contribution in [1.82, 2.24) is 20.6 Å². The average Bonchev–Trinajstić information content (AvgIpc) is 2.89. The van der Waals surface area contributed by atoms with Crippen LogP contribution in [0.1, 0.15) is 43.5 Å². The zero-order chi connectivity index (χ0) is 27.5.